The van der Waals surface area contributed by atoms with Crippen LogP contribution in [0.3, 0.4) is 0 Å². The van der Waals surface area contributed by atoms with E-state index in [1.165, 1.54) is 24.0 Å². The average molecular weight is 295 g/mol. The third kappa shape index (κ3) is 2.69. The quantitative estimate of drug-likeness (QED) is 0.330. The summed E-state index contributed by atoms with van der Waals surface area (Å²) >= 11 is 0. The van der Waals surface area contributed by atoms with E-state index in [0.29, 0.717) is 0 Å². The fourth-order valence-electron chi connectivity index (χ4n) is 1.57. The van der Waals surface area contributed by atoms with Gasteiger partial charge in [-0.3, -0.25) is 0 Å². The Labute approximate surface area is 114 Å². The van der Waals surface area contributed by atoms with Crippen LogP contribution in [0, 0.1) is 10.1 Å². The number of rotatable bonds is 4. The largest absolute Gasteiger partial charge is 0.358 e. The molecule has 2 aromatic heterocycles. The van der Waals surface area contributed by atoms with Crippen molar-refractivity contribution in [3.05, 3.63) is 46.4 Å². The molecule has 0 saturated carbocycles. The summed E-state index contributed by atoms with van der Waals surface area (Å²) in [5.41, 5.74) is 0. The molecular weight excluding hydrogens is 286 g/mol. The van der Waals surface area contributed by atoms with E-state index in [9.17, 15) is 18.5 Å². The van der Waals surface area contributed by atoms with Gasteiger partial charge in [0.25, 0.3) is 0 Å². The normalized spacial score (nSPS) is 10.2. The Kier molecular flexibility index (Phi) is 3.84. The van der Waals surface area contributed by atoms with Crippen LogP contribution in [0.15, 0.2) is 24.7 Å². The van der Waals surface area contributed by atoms with Gasteiger partial charge in [-0.2, -0.15) is 8.42 Å². The molecule has 9 nitrogen and oxygen atoms in total. The van der Waals surface area contributed by atoms with Crippen LogP contribution in [-0.4, -0.2) is 37.7 Å². The molecule has 2 rings (SSSR count). The molecule has 0 aliphatic carbocycles. The van der Waals surface area contributed by atoms with E-state index in [2.05, 4.69) is 15.0 Å². The Morgan fingerprint density at radius 2 is 2.00 bits per heavy atom. The molecule has 0 saturated heterocycles. The van der Waals surface area contributed by atoms with Gasteiger partial charge < -0.3 is 10.1 Å². The Bertz CT molecular complexity index is 773. The van der Waals surface area contributed by atoms with Crippen molar-refractivity contribution in [2.75, 3.05) is 0 Å². The number of aromatic nitrogens is 4. The topological polar surface area (TPSA) is 121 Å². The highest BCUT2D eigenvalue weighted by Gasteiger charge is 2.20. The maximum atomic E-state index is 11.3. The van der Waals surface area contributed by atoms with Gasteiger partial charge >= 0.3 is 5.82 Å². The minimum absolute atomic E-state index is 0.0477. The SMILES string of the molecule is Cn1c([N+](=O)[O-])cnc1CC(c1ncccn1)=S(=O)=O. The number of hydrogen-bond acceptors (Lipinski definition) is 7. The van der Waals surface area contributed by atoms with Crippen molar-refractivity contribution in [2.45, 2.75) is 6.42 Å². The third-order valence-corrected chi connectivity index (χ3v) is 3.31. The number of hydrogen-bond donors (Lipinski definition) is 0. The van der Waals surface area contributed by atoms with Crippen LogP contribution in [0.5, 0.6) is 0 Å². The van der Waals surface area contributed by atoms with Gasteiger partial charge in [-0.1, -0.05) is 0 Å². The highest BCUT2D eigenvalue weighted by atomic mass is 32.2. The van der Waals surface area contributed by atoms with Crippen molar-refractivity contribution in [3.63, 3.8) is 0 Å². The van der Waals surface area contributed by atoms with E-state index in [1.54, 1.807) is 6.07 Å². The zero-order valence-corrected chi connectivity index (χ0v) is 11.1. The first kappa shape index (κ1) is 13.8. The summed E-state index contributed by atoms with van der Waals surface area (Å²) in [7, 11) is -1.10. The second-order valence-electron chi connectivity index (χ2n) is 3.76. The van der Waals surface area contributed by atoms with Crippen LogP contribution in [0.2, 0.25) is 0 Å². The van der Waals surface area contributed by atoms with Crippen LogP contribution < -0.4 is 0 Å². The van der Waals surface area contributed by atoms with E-state index in [-0.39, 0.29) is 28.8 Å². The molecule has 2 heterocycles. The Morgan fingerprint density at radius 3 is 2.50 bits per heavy atom. The van der Waals surface area contributed by atoms with Crippen LogP contribution >= 0.6 is 0 Å². The summed E-state index contributed by atoms with van der Waals surface area (Å²) in [5, 5.41) is 10.7. The van der Waals surface area contributed by atoms with Gasteiger partial charge in [-0.15, -0.1) is 0 Å². The zero-order valence-electron chi connectivity index (χ0n) is 10.3. The maximum Gasteiger partial charge on any atom is 0.342 e. The molecule has 0 aromatic carbocycles. The summed E-state index contributed by atoms with van der Waals surface area (Å²) in [6.45, 7) is 0. The summed E-state index contributed by atoms with van der Waals surface area (Å²) < 4.78 is 23.8. The lowest BCUT2D eigenvalue weighted by Gasteiger charge is -2.00. The van der Waals surface area contributed by atoms with Crippen LogP contribution in [0.1, 0.15) is 11.6 Å². The minimum atomic E-state index is -2.55. The van der Waals surface area contributed by atoms with Crippen molar-refractivity contribution in [3.8, 4) is 0 Å². The molecule has 0 atom stereocenters. The lowest BCUT2D eigenvalue weighted by Crippen LogP contribution is -2.14. The minimum Gasteiger partial charge on any atom is -0.358 e. The maximum absolute atomic E-state index is 11.3. The van der Waals surface area contributed by atoms with Crippen LogP contribution in [-0.2, 0) is 23.8 Å². The average Bonchev–Trinajstić information content (AvgIpc) is 2.78. The molecular formula is C10H9N5O4S. The summed E-state index contributed by atoms with van der Waals surface area (Å²) in [6, 6.07) is 1.56. The first-order valence-electron chi connectivity index (χ1n) is 5.38. The van der Waals surface area contributed by atoms with Crippen LogP contribution in [0.4, 0.5) is 5.82 Å². The predicted octanol–water partition coefficient (Wildman–Crippen LogP) is -0.239. The molecule has 2 aromatic rings. The van der Waals surface area contributed by atoms with Crippen LogP contribution in [0.25, 0.3) is 0 Å². The van der Waals surface area contributed by atoms with E-state index < -0.39 is 15.2 Å². The van der Waals surface area contributed by atoms with E-state index in [0.717, 1.165) is 6.20 Å². The third-order valence-electron chi connectivity index (χ3n) is 2.58. The van der Waals surface area contributed by atoms with Crippen molar-refractivity contribution < 1.29 is 13.3 Å². The number of imidazole rings is 1. The van der Waals surface area contributed by atoms with Gasteiger partial charge in [0.15, 0.2) is 5.82 Å². The first-order valence-corrected chi connectivity index (χ1v) is 6.45. The van der Waals surface area contributed by atoms with Gasteiger partial charge in [0.1, 0.15) is 11.1 Å². The number of nitro groups is 1. The lowest BCUT2D eigenvalue weighted by molar-refractivity contribution is -0.391. The second-order valence-corrected chi connectivity index (χ2v) is 4.72. The molecule has 10 heteroatoms. The Morgan fingerprint density at radius 1 is 1.35 bits per heavy atom. The smallest absolute Gasteiger partial charge is 0.342 e. The summed E-state index contributed by atoms with van der Waals surface area (Å²) in [4.78, 5) is 21.6. The fraction of sp³-hybridized carbons (Fsp3) is 0.200. The second kappa shape index (κ2) is 5.57. The molecule has 104 valence electrons. The predicted molar refractivity (Wildman–Crippen MR) is 68.6 cm³/mol. The van der Waals surface area contributed by atoms with Crippen molar-refractivity contribution >= 4 is 21.0 Å². The molecule has 0 bridgehead atoms. The summed E-state index contributed by atoms with van der Waals surface area (Å²) in [5.74, 6) is 0.0693. The summed E-state index contributed by atoms with van der Waals surface area (Å²) in [6.07, 6.45) is 3.78. The molecule has 0 N–H and O–H groups in total. The number of nitrogens with zero attached hydrogens (tertiary/aromatic N) is 5. The highest BCUT2D eigenvalue weighted by Crippen LogP contribution is 2.13. The molecule has 0 unspecified atom stereocenters. The Balaban J connectivity index is 2.42. The van der Waals surface area contributed by atoms with Gasteiger partial charge in [0.2, 0.25) is 16.1 Å². The highest BCUT2D eigenvalue weighted by molar-refractivity contribution is 7.73. The molecule has 0 spiro atoms. The fourth-order valence-corrected chi connectivity index (χ4v) is 2.07. The van der Waals surface area contributed by atoms with Gasteiger partial charge in [0.05, 0.1) is 13.5 Å². The van der Waals surface area contributed by atoms with Gasteiger partial charge in [-0.05, 0) is 11.0 Å². The first-order chi connectivity index (χ1) is 9.50. The van der Waals surface area contributed by atoms with Gasteiger partial charge in [-0.25, -0.2) is 19.5 Å². The van der Waals surface area contributed by atoms with E-state index in [4.69, 9.17) is 0 Å². The standard InChI is InChI=1S/C10H9N5O4S/c1-14-8(13-6-9(14)15(16)17)5-7(20(18)19)10-11-3-2-4-12-10/h2-4,6H,5H2,1H3. The zero-order chi connectivity index (χ0) is 14.7. The molecule has 20 heavy (non-hydrogen) atoms. The van der Waals surface area contributed by atoms with Crippen molar-refractivity contribution in [1.29, 1.82) is 0 Å². The molecule has 0 fully saturated rings. The van der Waals surface area contributed by atoms with Crippen molar-refractivity contribution in [1.82, 2.24) is 19.5 Å². The van der Waals surface area contributed by atoms with E-state index in [1.807, 2.05) is 0 Å². The molecule has 0 aliphatic heterocycles. The van der Waals surface area contributed by atoms with E-state index >= 15 is 0 Å². The van der Waals surface area contributed by atoms with Gasteiger partial charge in [0, 0.05) is 12.4 Å². The lowest BCUT2D eigenvalue weighted by atomic mass is 10.3. The Hall–Kier alpha value is -2.62. The molecule has 0 aliphatic rings. The molecule has 0 amide bonds. The van der Waals surface area contributed by atoms with Crippen molar-refractivity contribution in [2.24, 2.45) is 7.05 Å². The molecule has 0 radical (unpaired) electrons. The monoisotopic (exact) mass is 295 g/mol.